The summed E-state index contributed by atoms with van der Waals surface area (Å²) in [6, 6.07) is 18.2. The van der Waals surface area contributed by atoms with Crippen molar-refractivity contribution in [2.24, 2.45) is 5.73 Å². The normalized spacial score (nSPS) is 21.2. The van der Waals surface area contributed by atoms with E-state index in [1.54, 1.807) is 36.1 Å². The lowest BCUT2D eigenvalue weighted by molar-refractivity contribution is -0.245. The van der Waals surface area contributed by atoms with Gasteiger partial charge in [-0.25, -0.2) is 4.79 Å². The molecule has 3 aromatic rings. The van der Waals surface area contributed by atoms with E-state index < -0.39 is 48.6 Å². The number of urea groups is 1. The zero-order valence-electron chi connectivity index (χ0n) is 21.2. The number of nitrogens with two attached hydrogens (primary N) is 1. The van der Waals surface area contributed by atoms with E-state index in [1.165, 1.54) is 4.90 Å². The topological polar surface area (TPSA) is 125 Å². The minimum Gasteiger partial charge on any atom is -0.370 e. The molecule has 2 aliphatic heterocycles. The average Bonchev–Trinajstić information content (AvgIpc) is 2.92. The van der Waals surface area contributed by atoms with Crippen LogP contribution >= 0.6 is 11.6 Å². The number of hydroxylamine groups is 2. The van der Waals surface area contributed by atoms with E-state index in [9.17, 15) is 19.2 Å². The zero-order chi connectivity index (χ0) is 27.7. The lowest BCUT2D eigenvalue weighted by atomic mass is 9.97. The van der Waals surface area contributed by atoms with Crippen molar-refractivity contribution in [2.45, 2.75) is 44.7 Å². The molecule has 2 fully saturated rings. The van der Waals surface area contributed by atoms with Crippen molar-refractivity contribution in [3.05, 3.63) is 82.9 Å². The monoisotopic (exact) mass is 549 g/mol. The van der Waals surface area contributed by atoms with Gasteiger partial charge in [0.25, 0.3) is 5.91 Å². The van der Waals surface area contributed by atoms with Gasteiger partial charge in [0.15, 0.2) is 12.8 Å². The number of hydrogen-bond acceptors (Lipinski definition) is 5. The molecule has 202 valence electrons. The number of hydrogen-bond donors (Lipinski definition) is 2. The highest BCUT2D eigenvalue weighted by Crippen LogP contribution is 2.32. The first-order valence-electron chi connectivity index (χ1n) is 12.6. The van der Waals surface area contributed by atoms with Crippen molar-refractivity contribution >= 4 is 46.1 Å². The van der Waals surface area contributed by atoms with E-state index in [0.29, 0.717) is 5.02 Å². The Labute approximate surface area is 230 Å². The molecule has 2 saturated heterocycles. The molecule has 10 nitrogen and oxygen atoms in total. The van der Waals surface area contributed by atoms with E-state index in [-0.39, 0.29) is 19.5 Å². The lowest BCUT2D eigenvalue weighted by Gasteiger charge is -2.54. The van der Waals surface area contributed by atoms with Gasteiger partial charge in [0.1, 0.15) is 6.04 Å². The van der Waals surface area contributed by atoms with Gasteiger partial charge < -0.3 is 20.9 Å². The summed E-state index contributed by atoms with van der Waals surface area (Å²) in [5, 5.41) is 6.44. The molecule has 0 bridgehead atoms. The summed E-state index contributed by atoms with van der Waals surface area (Å²) in [4.78, 5) is 60.6. The second-order valence-electron chi connectivity index (χ2n) is 9.63. The van der Waals surface area contributed by atoms with Crippen molar-refractivity contribution in [3.63, 3.8) is 0 Å². The van der Waals surface area contributed by atoms with Gasteiger partial charge in [-0.1, -0.05) is 66.2 Å². The first-order valence-corrected chi connectivity index (χ1v) is 12.9. The summed E-state index contributed by atoms with van der Waals surface area (Å²) >= 11 is 5.95. The maximum atomic E-state index is 13.8. The molecular formula is C28H28ClN5O5. The maximum Gasteiger partial charge on any atom is 0.343 e. The van der Waals surface area contributed by atoms with Gasteiger partial charge in [-0.2, -0.15) is 5.06 Å². The largest absolute Gasteiger partial charge is 0.370 e. The van der Waals surface area contributed by atoms with E-state index in [0.717, 1.165) is 27.0 Å². The molecule has 5 rings (SSSR count). The molecule has 3 N–H and O–H groups in total. The number of nitrogens with one attached hydrogen (secondary N) is 1. The van der Waals surface area contributed by atoms with Crippen molar-refractivity contribution in [1.82, 2.24) is 20.2 Å². The van der Waals surface area contributed by atoms with Crippen molar-refractivity contribution in [2.75, 3.05) is 6.61 Å². The standard InChI is InChI=1S/C28H28ClN5O5/c1-17-26-33(25(36)16-39-34(26)28(38)31-14-18-9-11-21(29)12-10-18)23(13-24(30)35)27(37)32(17)15-20-7-4-6-19-5-2-3-8-22(19)20/h2-12,17,23,26H,13-16H2,1H3,(H2,30,35)(H,31,38)/t17-,23-,26-/m0/s1. The fourth-order valence-electron chi connectivity index (χ4n) is 5.24. The van der Waals surface area contributed by atoms with E-state index in [1.807, 2.05) is 42.5 Å². The van der Waals surface area contributed by atoms with Gasteiger partial charge in [-0.15, -0.1) is 0 Å². The van der Waals surface area contributed by atoms with Gasteiger partial charge in [0, 0.05) is 18.1 Å². The number of benzene rings is 3. The summed E-state index contributed by atoms with van der Waals surface area (Å²) in [6.07, 6.45) is -1.35. The molecule has 0 saturated carbocycles. The number of rotatable bonds is 6. The predicted molar refractivity (Wildman–Crippen MR) is 144 cm³/mol. The molecule has 2 aliphatic rings. The van der Waals surface area contributed by atoms with Crippen LogP contribution in [0.1, 0.15) is 24.5 Å². The maximum absolute atomic E-state index is 13.8. The molecule has 11 heteroatoms. The summed E-state index contributed by atoms with van der Waals surface area (Å²) in [7, 11) is 0. The zero-order valence-corrected chi connectivity index (χ0v) is 22.0. The fourth-order valence-corrected chi connectivity index (χ4v) is 5.37. The lowest BCUT2D eigenvalue weighted by Crippen LogP contribution is -2.75. The molecule has 0 aliphatic carbocycles. The van der Waals surface area contributed by atoms with Crippen LogP contribution in [-0.4, -0.2) is 63.5 Å². The van der Waals surface area contributed by atoms with E-state index >= 15 is 0 Å². The fraction of sp³-hybridized carbons (Fsp3) is 0.286. The number of carbonyl (C=O) groups is 4. The van der Waals surface area contributed by atoms with Gasteiger partial charge in [-0.05, 0) is 41.0 Å². The minimum atomic E-state index is -1.17. The molecule has 3 aromatic carbocycles. The summed E-state index contributed by atoms with van der Waals surface area (Å²) in [6.45, 7) is 1.69. The molecule has 0 aromatic heterocycles. The van der Waals surface area contributed by atoms with Crippen molar-refractivity contribution in [3.8, 4) is 0 Å². The number of amides is 5. The SMILES string of the molecule is C[C@H]1[C@@H]2N(C(=O)NCc3ccc(Cl)cc3)OCC(=O)N2[C@@H](CC(N)=O)C(=O)N1Cc1cccc2ccccc12. The summed E-state index contributed by atoms with van der Waals surface area (Å²) in [5.74, 6) is -1.65. The van der Waals surface area contributed by atoms with Crippen LogP contribution in [0.4, 0.5) is 4.79 Å². The Morgan fingerprint density at radius 2 is 1.77 bits per heavy atom. The van der Waals surface area contributed by atoms with Crippen LogP contribution in [0.2, 0.25) is 5.02 Å². The number of halogens is 1. The Kier molecular flexibility index (Phi) is 7.40. The number of fused-ring (bicyclic) bond motifs is 2. The summed E-state index contributed by atoms with van der Waals surface area (Å²) in [5.41, 5.74) is 7.20. The molecule has 5 amide bonds. The van der Waals surface area contributed by atoms with Crippen LogP contribution in [0.25, 0.3) is 10.8 Å². The third-order valence-electron chi connectivity index (χ3n) is 7.14. The number of piperazine rings is 1. The van der Waals surface area contributed by atoms with Crippen LogP contribution in [0.3, 0.4) is 0 Å². The quantitative estimate of drug-likeness (QED) is 0.489. The number of nitrogens with zero attached hydrogens (tertiary/aromatic N) is 3. The Morgan fingerprint density at radius 1 is 1.05 bits per heavy atom. The van der Waals surface area contributed by atoms with Crippen LogP contribution in [0.15, 0.2) is 66.7 Å². The second kappa shape index (κ2) is 10.9. The van der Waals surface area contributed by atoms with Crippen molar-refractivity contribution in [1.29, 1.82) is 0 Å². The highest BCUT2D eigenvalue weighted by atomic mass is 35.5. The van der Waals surface area contributed by atoms with Crippen LogP contribution < -0.4 is 11.1 Å². The predicted octanol–water partition coefficient (Wildman–Crippen LogP) is 2.78. The Morgan fingerprint density at radius 3 is 2.51 bits per heavy atom. The average molecular weight is 550 g/mol. The Hall–Kier alpha value is -4.15. The first kappa shape index (κ1) is 26.5. The third kappa shape index (κ3) is 5.25. The highest BCUT2D eigenvalue weighted by molar-refractivity contribution is 6.30. The number of carbonyl (C=O) groups excluding carboxylic acids is 4. The molecule has 3 atom stereocenters. The van der Waals surface area contributed by atoms with Gasteiger partial charge >= 0.3 is 6.03 Å². The van der Waals surface area contributed by atoms with E-state index in [2.05, 4.69) is 5.32 Å². The molecule has 0 unspecified atom stereocenters. The van der Waals surface area contributed by atoms with Crippen LogP contribution in [-0.2, 0) is 32.3 Å². The summed E-state index contributed by atoms with van der Waals surface area (Å²) < 4.78 is 0. The smallest absolute Gasteiger partial charge is 0.343 e. The Balaban J connectivity index is 1.46. The minimum absolute atomic E-state index is 0.189. The molecular weight excluding hydrogens is 522 g/mol. The van der Waals surface area contributed by atoms with Crippen LogP contribution in [0.5, 0.6) is 0 Å². The Bertz CT molecular complexity index is 1430. The molecule has 0 radical (unpaired) electrons. The molecule has 2 heterocycles. The van der Waals surface area contributed by atoms with Gasteiger partial charge in [0.2, 0.25) is 11.8 Å². The molecule has 0 spiro atoms. The highest BCUT2D eigenvalue weighted by Gasteiger charge is 2.53. The molecule has 39 heavy (non-hydrogen) atoms. The second-order valence-corrected chi connectivity index (χ2v) is 10.1. The number of primary amides is 1. The third-order valence-corrected chi connectivity index (χ3v) is 7.39. The van der Waals surface area contributed by atoms with Crippen LogP contribution in [0, 0.1) is 0 Å². The van der Waals surface area contributed by atoms with Crippen molar-refractivity contribution < 1.29 is 24.0 Å². The van der Waals surface area contributed by atoms with E-state index in [4.69, 9.17) is 22.2 Å². The van der Waals surface area contributed by atoms with Gasteiger partial charge in [-0.3, -0.25) is 19.2 Å². The first-order chi connectivity index (χ1) is 18.7. The van der Waals surface area contributed by atoms with Gasteiger partial charge in [0.05, 0.1) is 12.5 Å².